The lowest BCUT2D eigenvalue weighted by Gasteiger charge is -2.36. The number of nitrogens with one attached hydrogen (secondary N) is 1. The van der Waals surface area contributed by atoms with Gasteiger partial charge < -0.3 is 30.6 Å². The molecular formula is C24H23BN4O7. The topological polar surface area (TPSA) is 175 Å². The number of nitrogens with zero attached hydrogens (tertiary/aromatic N) is 2. The molecule has 0 aromatic heterocycles. The van der Waals surface area contributed by atoms with Crippen molar-refractivity contribution >= 4 is 41.8 Å². The van der Waals surface area contributed by atoms with Gasteiger partial charge in [-0.25, -0.2) is 9.59 Å². The average Bonchev–Trinajstić information content (AvgIpc) is 2.87. The number of rotatable bonds is 6. The van der Waals surface area contributed by atoms with Crippen LogP contribution in [0.5, 0.6) is 0 Å². The Kier molecular flexibility index (Phi) is 7.78. The number of anilines is 2. The zero-order valence-corrected chi connectivity index (χ0v) is 19.7. The molecule has 1 aliphatic heterocycles. The molecule has 1 atom stereocenters. The van der Waals surface area contributed by atoms with Gasteiger partial charge >= 0.3 is 19.1 Å². The van der Waals surface area contributed by atoms with Gasteiger partial charge in [0.05, 0.1) is 37.4 Å². The Balaban J connectivity index is 2.42. The highest BCUT2D eigenvalue weighted by molar-refractivity contribution is 6.61. The lowest BCUT2D eigenvalue weighted by Crippen LogP contribution is -2.44. The van der Waals surface area contributed by atoms with E-state index in [-0.39, 0.29) is 39.5 Å². The van der Waals surface area contributed by atoms with E-state index in [0.717, 1.165) is 19.1 Å². The molecule has 0 bridgehead atoms. The summed E-state index contributed by atoms with van der Waals surface area (Å²) in [7, 11) is 0.135. The van der Waals surface area contributed by atoms with E-state index in [1.165, 1.54) is 25.1 Å². The van der Waals surface area contributed by atoms with Gasteiger partial charge in [0.15, 0.2) is 0 Å². The Hall–Kier alpha value is -4.60. The van der Waals surface area contributed by atoms with E-state index in [0.29, 0.717) is 5.56 Å². The fraction of sp³-hybridized carbons (Fsp3) is 0.167. The maximum atomic E-state index is 13.1. The Morgan fingerprint density at radius 1 is 1.08 bits per heavy atom. The van der Waals surface area contributed by atoms with Crippen LogP contribution in [0.2, 0.25) is 0 Å². The Labute approximate surface area is 207 Å². The number of ether oxygens (including phenoxy) is 2. The Morgan fingerprint density at radius 2 is 1.72 bits per heavy atom. The highest BCUT2D eigenvalue weighted by Gasteiger charge is 2.43. The van der Waals surface area contributed by atoms with E-state index in [2.05, 4.69) is 5.32 Å². The summed E-state index contributed by atoms with van der Waals surface area (Å²) in [5.74, 6) is -3.63. The zero-order chi connectivity index (χ0) is 26.6. The van der Waals surface area contributed by atoms with Crippen LogP contribution in [-0.2, 0) is 23.9 Å². The first-order chi connectivity index (χ1) is 17.2. The lowest BCUT2D eigenvalue weighted by molar-refractivity contribution is -0.139. The molecule has 2 aromatic rings. The van der Waals surface area contributed by atoms with E-state index < -0.39 is 30.9 Å². The molecule has 1 amide bonds. The number of benzene rings is 2. The van der Waals surface area contributed by atoms with Crippen LogP contribution < -0.4 is 21.4 Å². The van der Waals surface area contributed by atoms with Crippen molar-refractivity contribution in [1.29, 1.82) is 5.26 Å². The van der Waals surface area contributed by atoms with Crippen LogP contribution in [0.25, 0.3) is 0 Å². The molecule has 0 spiro atoms. The van der Waals surface area contributed by atoms with Crippen LogP contribution in [-0.4, -0.2) is 49.2 Å². The van der Waals surface area contributed by atoms with E-state index in [9.17, 15) is 29.7 Å². The van der Waals surface area contributed by atoms with Crippen molar-refractivity contribution in [1.82, 2.24) is 0 Å². The second kappa shape index (κ2) is 10.8. The Bertz CT molecular complexity index is 1320. The van der Waals surface area contributed by atoms with E-state index >= 15 is 0 Å². The van der Waals surface area contributed by atoms with Crippen molar-refractivity contribution < 1.29 is 33.9 Å². The number of methoxy groups -OCH3 is 2. The highest BCUT2D eigenvalue weighted by atomic mass is 16.5. The van der Waals surface area contributed by atoms with Crippen molar-refractivity contribution in [3.05, 3.63) is 76.8 Å². The number of hydrogen-bond acceptors (Lipinski definition) is 10. The molecular weight excluding hydrogens is 467 g/mol. The fourth-order valence-electron chi connectivity index (χ4n) is 4.01. The molecule has 36 heavy (non-hydrogen) atoms. The molecule has 0 fully saturated rings. The van der Waals surface area contributed by atoms with Crippen LogP contribution in [0, 0.1) is 11.3 Å². The van der Waals surface area contributed by atoms with Crippen molar-refractivity contribution in [2.75, 3.05) is 24.4 Å². The maximum Gasteiger partial charge on any atom is 0.490 e. The summed E-state index contributed by atoms with van der Waals surface area (Å²) < 4.78 is 9.92. The number of nitrogens with two attached hydrogens (primary N) is 1. The van der Waals surface area contributed by atoms with Crippen molar-refractivity contribution in [3.63, 3.8) is 0 Å². The summed E-state index contributed by atoms with van der Waals surface area (Å²) in [6, 6.07) is 14.5. The third-order valence-electron chi connectivity index (χ3n) is 5.48. The second-order valence-corrected chi connectivity index (χ2v) is 7.66. The molecule has 12 heteroatoms. The van der Waals surface area contributed by atoms with Gasteiger partial charge in [-0.2, -0.15) is 5.26 Å². The van der Waals surface area contributed by atoms with Gasteiger partial charge in [-0.1, -0.05) is 30.3 Å². The maximum absolute atomic E-state index is 13.1. The predicted molar refractivity (Wildman–Crippen MR) is 130 cm³/mol. The summed E-state index contributed by atoms with van der Waals surface area (Å²) in [4.78, 5) is 38.7. The van der Waals surface area contributed by atoms with Gasteiger partial charge in [0, 0.05) is 23.8 Å². The first-order valence-electron chi connectivity index (χ1n) is 10.6. The quantitative estimate of drug-likeness (QED) is 0.324. The van der Waals surface area contributed by atoms with Crippen LogP contribution >= 0.6 is 0 Å². The van der Waals surface area contributed by atoms with Crippen LogP contribution in [0.1, 0.15) is 18.4 Å². The van der Waals surface area contributed by atoms with E-state index in [1.807, 2.05) is 6.07 Å². The molecule has 1 aliphatic rings. The number of esters is 2. The molecule has 184 valence electrons. The van der Waals surface area contributed by atoms with Gasteiger partial charge in [0.25, 0.3) is 0 Å². The molecule has 0 radical (unpaired) electrons. The fourth-order valence-corrected chi connectivity index (χ4v) is 4.01. The van der Waals surface area contributed by atoms with Gasteiger partial charge in [-0.3, -0.25) is 9.69 Å². The van der Waals surface area contributed by atoms with Gasteiger partial charge in [0.2, 0.25) is 5.91 Å². The predicted octanol–water partition coefficient (Wildman–Crippen LogP) is 0.223. The summed E-state index contributed by atoms with van der Waals surface area (Å²) in [6.07, 6.45) is 0. The third kappa shape index (κ3) is 4.79. The number of amides is 1. The molecule has 1 unspecified atom stereocenters. The molecule has 0 saturated carbocycles. The number of carbonyl (C=O) groups excluding carboxylic acids is 3. The minimum atomic E-state index is -2.08. The molecule has 2 aromatic carbocycles. The summed E-state index contributed by atoms with van der Waals surface area (Å²) in [5.41, 5.74) is 6.24. The summed E-state index contributed by atoms with van der Waals surface area (Å²) in [5, 5.41) is 32.8. The third-order valence-corrected chi connectivity index (χ3v) is 5.48. The van der Waals surface area contributed by atoms with Crippen molar-refractivity contribution in [2.45, 2.75) is 12.8 Å². The minimum absolute atomic E-state index is 0.0438. The Morgan fingerprint density at radius 3 is 2.25 bits per heavy atom. The number of carbonyl (C=O) groups is 3. The number of allylic oxidation sites excluding steroid dienone is 1. The monoisotopic (exact) mass is 490 g/mol. The van der Waals surface area contributed by atoms with E-state index in [1.54, 1.807) is 30.3 Å². The standard InChI is InChI=1S/C24H23BN4O7/c1-13(30)28-15-9-10-18(17(11-15)25(33)34)29-21(24(32)36-3)20(23(31)35-2)19(16(12-26)22(29)27)14-7-5-4-6-8-14/h4-11,19,33-34H,27H2,1-3H3,(H,28,30). The minimum Gasteiger partial charge on any atom is -0.466 e. The van der Waals surface area contributed by atoms with Gasteiger partial charge in [-0.15, -0.1) is 0 Å². The summed E-state index contributed by atoms with van der Waals surface area (Å²) >= 11 is 0. The van der Waals surface area contributed by atoms with Crippen LogP contribution in [0.4, 0.5) is 11.4 Å². The smallest absolute Gasteiger partial charge is 0.466 e. The molecule has 1 heterocycles. The molecule has 0 saturated heterocycles. The van der Waals surface area contributed by atoms with Crippen LogP contribution in [0.3, 0.4) is 0 Å². The second-order valence-electron chi connectivity index (χ2n) is 7.66. The lowest BCUT2D eigenvalue weighted by atomic mass is 9.76. The molecule has 3 rings (SSSR count). The average molecular weight is 490 g/mol. The summed E-state index contributed by atoms with van der Waals surface area (Å²) in [6.45, 7) is 1.28. The van der Waals surface area contributed by atoms with Crippen LogP contribution in [0.15, 0.2) is 71.2 Å². The normalized spacial score (nSPS) is 15.2. The first kappa shape index (κ1) is 26.0. The molecule has 11 nitrogen and oxygen atoms in total. The molecule has 0 aliphatic carbocycles. The van der Waals surface area contributed by atoms with Gasteiger partial charge in [0.1, 0.15) is 11.5 Å². The number of hydrogen-bond donors (Lipinski definition) is 4. The van der Waals surface area contributed by atoms with E-state index in [4.69, 9.17) is 15.2 Å². The molecule has 5 N–H and O–H groups in total. The number of nitriles is 1. The first-order valence-corrected chi connectivity index (χ1v) is 10.6. The van der Waals surface area contributed by atoms with Crippen molar-refractivity contribution in [3.8, 4) is 6.07 Å². The zero-order valence-electron chi connectivity index (χ0n) is 19.7. The largest absolute Gasteiger partial charge is 0.490 e. The highest BCUT2D eigenvalue weighted by Crippen LogP contribution is 2.43. The SMILES string of the molecule is COC(=O)C1=C(C(=O)OC)N(c2ccc(NC(C)=O)cc2B(O)O)C(N)=C(C#N)C1c1ccccc1. The van der Waals surface area contributed by atoms with Gasteiger partial charge in [-0.05, 0) is 23.8 Å². The van der Waals surface area contributed by atoms with Crippen molar-refractivity contribution in [2.24, 2.45) is 5.73 Å².